The van der Waals surface area contributed by atoms with Crippen molar-refractivity contribution < 1.29 is 30.0 Å². The van der Waals surface area contributed by atoms with Crippen LogP contribution in [0.2, 0.25) is 0 Å². The zero-order valence-corrected chi connectivity index (χ0v) is 9.80. The highest BCUT2D eigenvalue weighted by Crippen LogP contribution is 2.28. The maximum absolute atomic E-state index is 10.9. The third-order valence-corrected chi connectivity index (χ3v) is 2.94. The fourth-order valence-electron chi connectivity index (χ4n) is 1.80. The number of aliphatic carboxylic acids is 1. The summed E-state index contributed by atoms with van der Waals surface area (Å²) in [6, 6.07) is -0.643. The van der Waals surface area contributed by atoms with Gasteiger partial charge in [0.2, 0.25) is 5.76 Å². The molecule has 4 N–H and O–H groups in total. The smallest absolute Gasteiger partial charge is 0.371 e. The zero-order valence-electron chi connectivity index (χ0n) is 9.80. The second kappa shape index (κ2) is 5.82. The van der Waals surface area contributed by atoms with Crippen LogP contribution < -0.4 is 0 Å². The molecule has 0 aliphatic carbocycles. The first-order chi connectivity index (χ1) is 8.42. The standard InChI is InChI=1S/C11H15NO6/c1-5-6(12-2)3-8(11(16)17)18-10(5)9(15)7(14)4-13/h2-3,5-7,9-10,13-15H,4H2,1H3/p+1/t5-,6+,7-,9-,10-/m1/s1. The maximum atomic E-state index is 10.9. The predicted molar refractivity (Wildman–Crippen MR) is 60.9 cm³/mol. The molecular formula is C11H16NO6+. The van der Waals surface area contributed by atoms with E-state index < -0.39 is 42.8 Å². The first-order valence-corrected chi connectivity index (χ1v) is 5.41. The number of aliphatic hydroxyl groups excluding tert-OH is 3. The molecule has 1 rings (SSSR count). The zero-order chi connectivity index (χ0) is 13.9. The van der Waals surface area contributed by atoms with Gasteiger partial charge in [0.15, 0.2) is 0 Å². The Morgan fingerprint density at radius 1 is 1.61 bits per heavy atom. The number of ether oxygens (including phenoxy) is 1. The van der Waals surface area contributed by atoms with Gasteiger partial charge >= 0.3 is 12.0 Å². The van der Waals surface area contributed by atoms with Crippen molar-refractivity contribution in [2.24, 2.45) is 5.92 Å². The van der Waals surface area contributed by atoms with Crippen LogP contribution in [0.1, 0.15) is 6.92 Å². The van der Waals surface area contributed by atoms with Crippen molar-refractivity contribution in [2.45, 2.75) is 31.3 Å². The summed E-state index contributed by atoms with van der Waals surface area (Å²) in [6.07, 6.45) is -2.64. The van der Waals surface area contributed by atoms with Crippen molar-refractivity contribution >= 4 is 5.97 Å². The van der Waals surface area contributed by atoms with E-state index in [4.69, 9.17) is 21.5 Å². The minimum atomic E-state index is -1.43. The number of hydrogen-bond donors (Lipinski definition) is 4. The molecule has 0 saturated carbocycles. The lowest BCUT2D eigenvalue weighted by molar-refractivity contribution is -0.146. The van der Waals surface area contributed by atoms with Gasteiger partial charge in [-0.05, 0) is 0 Å². The summed E-state index contributed by atoms with van der Waals surface area (Å²) in [5.74, 6) is -2.14. The maximum Gasteiger partial charge on any atom is 0.371 e. The minimum absolute atomic E-state index is 0.388. The van der Waals surface area contributed by atoms with Gasteiger partial charge in [0.1, 0.15) is 18.3 Å². The third kappa shape index (κ3) is 2.79. The topological polar surface area (TPSA) is 112 Å². The Labute approximate surface area is 104 Å². The summed E-state index contributed by atoms with van der Waals surface area (Å²) >= 11 is 0. The third-order valence-electron chi connectivity index (χ3n) is 2.94. The van der Waals surface area contributed by atoms with Crippen LogP contribution in [0, 0.1) is 12.5 Å². The largest absolute Gasteiger partial charge is 0.480 e. The van der Waals surface area contributed by atoms with Gasteiger partial charge in [0, 0.05) is 0 Å². The molecule has 0 saturated heterocycles. The van der Waals surface area contributed by atoms with E-state index in [2.05, 4.69) is 4.85 Å². The van der Waals surface area contributed by atoms with Crippen molar-refractivity contribution in [3.63, 3.8) is 0 Å². The van der Waals surface area contributed by atoms with Crippen LogP contribution in [-0.4, -0.2) is 57.4 Å². The molecule has 0 bridgehead atoms. The molecule has 0 spiro atoms. The molecular weight excluding hydrogens is 242 g/mol. The average Bonchev–Trinajstić information content (AvgIpc) is 2.36. The number of nitrogens with zero attached hydrogens (tertiary/aromatic N) is 1. The molecule has 7 heteroatoms. The van der Waals surface area contributed by atoms with E-state index in [-0.39, 0.29) is 5.76 Å². The second-order valence-electron chi connectivity index (χ2n) is 4.16. The summed E-state index contributed by atoms with van der Waals surface area (Å²) in [7, 11) is 0. The molecule has 0 amide bonds. The van der Waals surface area contributed by atoms with Crippen molar-refractivity contribution in [2.75, 3.05) is 6.61 Å². The van der Waals surface area contributed by atoms with Crippen molar-refractivity contribution in [3.8, 4) is 6.57 Å². The van der Waals surface area contributed by atoms with Crippen molar-refractivity contribution in [1.82, 2.24) is 0 Å². The molecule has 0 aromatic carbocycles. The summed E-state index contributed by atoms with van der Waals surface area (Å²) in [4.78, 5) is 14.4. The molecule has 0 unspecified atom stereocenters. The number of carbonyl (C=O) groups is 1. The minimum Gasteiger partial charge on any atom is -0.480 e. The molecule has 0 radical (unpaired) electrons. The molecule has 7 nitrogen and oxygen atoms in total. The molecule has 100 valence electrons. The monoisotopic (exact) mass is 258 g/mol. The highest BCUT2D eigenvalue weighted by molar-refractivity contribution is 5.84. The van der Waals surface area contributed by atoms with Gasteiger partial charge in [-0.3, -0.25) is 0 Å². The Kier molecular flexibility index (Phi) is 4.67. The first-order valence-electron chi connectivity index (χ1n) is 5.41. The number of carboxylic acid groups (broad SMARTS) is 1. The van der Waals surface area contributed by atoms with E-state index in [0.717, 1.165) is 0 Å². The lowest BCUT2D eigenvalue weighted by Crippen LogP contribution is -2.48. The van der Waals surface area contributed by atoms with E-state index in [0.29, 0.717) is 0 Å². The molecule has 1 aliphatic rings. The highest BCUT2D eigenvalue weighted by Gasteiger charge is 2.44. The Hall–Kier alpha value is -1.62. The van der Waals surface area contributed by atoms with E-state index in [1.54, 1.807) is 6.92 Å². The fourth-order valence-corrected chi connectivity index (χ4v) is 1.80. The molecule has 0 aromatic heterocycles. The number of rotatable bonds is 4. The van der Waals surface area contributed by atoms with Crippen LogP contribution in [-0.2, 0) is 9.53 Å². The predicted octanol–water partition coefficient (Wildman–Crippen LogP) is -0.965. The summed E-state index contributed by atoms with van der Waals surface area (Å²) in [5, 5.41) is 36.8. The Morgan fingerprint density at radius 3 is 2.67 bits per heavy atom. The van der Waals surface area contributed by atoms with E-state index in [1.165, 1.54) is 6.08 Å². The Bertz CT molecular complexity index is 387. The summed E-state index contributed by atoms with van der Waals surface area (Å²) < 4.78 is 5.10. The van der Waals surface area contributed by atoms with Crippen molar-refractivity contribution in [3.05, 3.63) is 16.7 Å². The normalized spacial score (nSPS) is 30.6. The van der Waals surface area contributed by atoms with Crippen molar-refractivity contribution in [1.29, 1.82) is 0 Å². The quantitative estimate of drug-likeness (QED) is 0.516. The van der Waals surface area contributed by atoms with Gasteiger partial charge in [0.05, 0.1) is 18.6 Å². The number of aliphatic hydroxyl groups is 3. The highest BCUT2D eigenvalue weighted by atomic mass is 16.5. The van der Waals surface area contributed by atoms with Gasteiger partial charge in [-0.15, -0.1) is 0 Å². The Morgan fingerprint density at radius 2 is 2.22 bits per heavy atom. The fraction of sp³-hybridized carbons (Fsp3) is 0.636. The van der Waals surface area contributed by atoms with Crippen LogP contribution >= 0.6 is 0 Å². The van der Waals surface area contributed by atoms with Crippen LogP contribution in [0.4, 0.5) is 0 Å². The summed E-state index contributed by atoms with van der Waals surface area (Å²) in [5.41, 5.74) is 0. The lowest BCUT2D eigenvalue weighted by atomic mass is 9.88. The van der Waals surface area contributed by atoms with Crippen LogP contribution in [0.5, 0.6) is 0 Å². The average molecular weight is 258 g/mol. The number of carboxylic acids is 1. The van der Waals surface area contributed by atoms with Crippen LogP contribution in [0.25, 0.3) is 4.85 Å². The lowest BCUT2D eigenvalue weighted by Gasteiger charge is -2.32. The van der Waals surface area contributed by atoms with E-state index in [1.807, 2.05) is 0 Å². The number of hydrogen-bond acceptors (Lipinski definition) is 5. The molecule has 0 fully saturated rings. The molecule has 0 aromatic rings. The van der Waals surface area contributed by atoms with Crippen LogP contribution in [0.3, 0.4) is 0 Å². The van der Waals surface area contributed by atoms with Gasteiger partial charge < -0.3 is 25.2 Å². The van der Waals surface area contributed by atoms with Gasteiger partial charge in [0.25, 0.3) is 6.57 Å². The molecule has 1 aliphatic heterocycles. The molecule has 5 atom stereocenters. The summed E-state index contributed by atoms with van der Waals surface area (Å²) in [6.45, 7) is 6.15. The second-order valence-corrected chi connectivity index (χ2v) is 4.16. The van der Waals surface area contributed by atoms with Gasteiger partial charge in [-0.2, -0.15) is 0 Å². The van der Waals surface area contributed by atoms with Gasteiger partial charge in [-0.1, -0.05) is 11.8 Å². The molecule has 1 heterocycles. The Balaban J connectivity index is 2.98. The van der Waals surface area contributed by atoms with Gasteiger partial charge in [-0.25, -0.2) is 4.79 Å². The first kappa shape index (κ1) is 14.4. The SMILES string of the molecule is C#[N+][C@H]1C=C(C(=O)O)O[C@@H]([C@H](O)[C@H](O)CO)[C@@H]1C. The van der Waals surface area contributed by atoms with E-state index >= 15 is 0 Å². The molecule has 18 heavy (non-hydrogen) atoms. The van der Waals surface area contributed by atoms with E-state index in [9.17, 15) is 15.0 Å². The van der Waals surface area contributed by atoms with Crippen LogP contribution in [0.15, 0.2) is 11.8 Å².